The predicted molar refractivity (Wildman–Crippen MR) is 124 cm³/mol. The smallest absolute Gasteiger partial charge is 0.220 e. The van der Waals surface area contributed by atoms with E-state index in [1.54, 1.807) is 10.7 Å². The van der Waals surface area contributed by atoms with Crippen LogP contribution in [0.4, 0.5) is 5.82 Å². The first-order valence-electron chi connectivity index (χ1n) is 10.4. The molecule has 3 aromatic rings. The van der Waals surface area contributed by atoms with Gasteiger partial charge in [-0.3, -0.25) is 4.79 Å². The molecule has 1 aliphatic rings. The van der Waals surface area contributed by atoms with E-state index >= 15 is 0 Å². The van der Waals surface area contributed by atoms with Crippen molar-refractivity contribution in [1.29, 1.82) is 0 Å². The first-order valence-corrected chi connectivity index (χ1v) is 11.6. The van der Waals surface area contributed by atoms with Gasteiger partial charge in [0, 0.05) is 36.2 Å². The minimum absolute atomic E-state index is 0.141. The molecule has 8 heteroatoms. The average Bonchev–Trinajstić information content (AvgIpc) is 3.13. The number of hydrogen-bond acceptors (Lipinski definition) is 4. The van der Waals surface area contributed by atoms with E-state index in [1.165, 1.54) is 32.1 Å². The largest absolute Gasteiger partial charge is 0.368 e. The summed E-state index contributed by atoms with van der Waals surface area (Å²) in [6.07, 6.45) is 8.54. The number of amides is 1. The first kappa shape index (κ1) is 21.1. The number of nitrogens with one attached hydrogen (secondary N) is 2. The van der Waals surface area contributed by atoms with Crippen LogP contribution in [0, 0.1) is 5.92 Å². The van der Waals surface area contributed by atoms with Crippen LogP contribution in [0.25, 0.3) is 16.9 Å². The van der Waals surface area contributed by atoms with Gasteiger partial charge in [0.25, 0.3) is 0 Å². The second kappa shape index (κ2) is 9.79. The number of nitrogens with zero attached hydrogens (tertiary/aromatic N) is 3. The zero-order valence-corrected chi connectivity index (χ0v) is 19.0. The molecule has 2 N–H and O–H groups in total. The Hall–Kier alpha value is -2.12. The van der Waals surface area contributed by atoms with Gasteiger partial charge in [0.2, 0.25) is 5.91 Å². The van der Waals surface area contributed by atoms with Crippen LogP contribution < -0.4 is 10.6 Å². The van der Waals surface area contributed by atoms with Crippen molar-refractivity contribution in [1.82, 2.24) is 19.9 Å². The number of benzene rings is 1. The number of aromatic nitrogens is 3. The van der Waals surface area contributed by atoms with Crippen molar-refractivity contribution in [3.63, 3.8) is 0 Å². The summed E-state index contributed by atoms with van der Waals surface area (Å²) < 4.78 is 2.55. The summed E-state index contributed by atoms with van der Waals surface area (Å²) in [4.78, 5) is 16.9. The Balaban J connectivity index is 1.42. The third-order valence-electron chi connectivity index (χ3n) is 5.53. The van der Waals surface area contributed by atoms with Gasteiger partial charge in [-0.15, -0.1) is 0 Å². The van der Waals surface area contributed by atoms with Gasteiger partial charge in [-0.25, -0.2) is 4.98 Å². The average molecular weight is 491 g/mol. The van der Waals surface area contributed by atoms with Crippen molar-refractivity contribution in [2.24, 2.45) is 5.92 Å². The van der Waals surface area contributed by atoms with Crippen molar-refractivity contribution < 1.29 is 4.79 Å². The van der Waals surface area contributed by atoms with Gasteiger partial charge in [-0.2, -0.15) is 9.61 Å². The minimum atomic E-state index is 0.141. The van der Waals surface area contributed by atoms with Crippen molar-refractivity contribution in [3.8, 4) is 11.3 Å². The molecular weight excluding hydrogens is 466 g/mol. The van der Waals surface area contributed by atoms with Crippen LogP contribution in [-0.2, 0) is 4.79 Å². The number of hydrogen-bond donors (Lipinski definition) is 2. The van der Waals surface area contributed by atoms with E-state index in [0.717, 1.165) is 21.5 Å². The molecule has 0 spiro atoms. The fraction of sp³-hybridized carbons (Fsp3) is 0.409. The van der Waals surface area contributed by atoms with Crippen LogP contribution in [0.15, 0.2) is 41.0 Å². The predicted octanol–water partition coefficient (Wildman–Crippen LogP) is 5.31. The summed E-state index contributed by atoms with van der Waals surface area (Å²) in [5.74, 6) is 1.48. The lowest BCUT2D eigenvalue weighted by Gasteiger charge is -2.20. The molecule has 1 saturated carbocycles. The fourth-order valence-corrected chi connectivity index (χ4v) is 4.57. The Kier molecular flexibility index (Phi) is 6.89. The third-order valence-corrected chi connectivity index (χ3v) is 6.42. The van der Waals surface area contributed by atoms with Crippen LogP contribution in [0.5, 0.6) is 0 Å². The van der Waals surface area contributed by atoms with E-state index in [0.29, 0.717) is 36.1 Å². The molecular formula is C22H25BrClN5O. The molecule has 4 rings (SSSR count). The molecule has 1 aromatic carbocycles. The summed E-state index contributed by atoms with van der Waals surface area (Å²) in [7, 11) is 0. The Morgan fingerprint density at radius 2 is 2.00 bits per heavy atom. The van der Waals surface area contributed by atoms with Gasteiger partial charge >= 0.3 is 0 Å². The highest BCUT2D eigenvalue weighted by atomic mass is 79.9. The highest BCUT2D eigenvalue weighted by Gasteiger charge is 2.17. The van der Waals surface area contributed by atoms with Gasteiger partial charge in [0.1, 0.15) is 5.82 Å². The van der Waals surface area contributed by atoms with Gasteiger partial charge in [0.15, 0.2) is 5.65 Å². The van der Waals surface area contributed by atoms with Crippen molar-refractivity contribution in [2.45, 2.75) is 38.5 Å². The van der Waals surface area contributed by atoms with Gasteiger partial charge in [0.05, 0.1) is 16.4 Å². The number of rotatable bonds is 7. The molecule has 0 saturated heterocycles. The Morgan fingerprint density at radius 3 is 2.80 bits per heavy atom. The lowest BCUT2D eigenvalue weighted by atomic mass is 9.87. The Labute approximate surface area is 189 Å². The van der Waals surface area contributed by atoms with E-state index in [4.69, 9.17) is 16.6 Å². The molecule has 158 valence electrons. The maximum Gasteiger partial charge on any atom is 0.220 e. The quantitative estimate of drug-likeness (QED) is 0.440. The van der Waals surface area contributed by atoms with Crippen molar-refractivity contribution >= 4 is 44.9 Å². The maximum atomic E-state index is 12.2. The van der Waals surface area contributed by atoms with Crippen LogP contribution in [-0.4, -0.2) is 33.6 Å². The topological polar surface area (TPSA) is 71.3 Å². The Bertz CT molecular complexity index is 1030. The van der Waals surface area contributed by atoms with E-state index < -0.39 is 0 Å². The molecule has 30 heavy (non-hydrogen) atoms. The first-order chi connectivity index (χ1) is 14.6. The fourth-order valence-electron chi connectivity index (χ4n) is 3.99. The third kappa shape index (κ3) is 4.95. The monoisotopic (exact) mass is 489 g/mol. The summed E-state index contributed by atoms with van der Waals surface area (Å²) >= 11 is 9.89. The lowest BCUT2D eigenvalue weighted by molar-refractivity contribution is -0.122. The SMILES string of the molecule is O=C(CC1CCCCC1)NCCNc1cc(-c2ccccc2Cl)nc2c(Br)cnn12. The Morgan fingerprint density at radius 1 is 1.20 bits per heavy atom. The molecule has 0 aliphatic heterocycles. The molecule has 0 unspecified atom stereocenters. The number of carbonyl (C=O) groups excluding carboxylic acids is 1. The van der Waals surface area contributed by atoms with Crippen molar-refractivity contribution in [3.05, 3.63) is 46.0 Å². The minimum Gasteiger partial charge on any atom is -0.368 e. The second-order valence-electron chi connectivity index (χ2n) is 7.72. The second-order valence-corrected chi connectivity index (χ2v) is 8.98. The zero-order valence-electron chi connectivity index (χ0n) is 16.7. The van der Waals surface area contributed by atoms with E-state index in [9.17, 15) is 4.79 Å². The zero-order chi connectivity index (χ0) is 20.9. The van der Waals surface area contributed by atoms with Gasteiger partial charge in [-0.1, -0.05) is 49.1 Å². The van der Waals surface area contributed by atoms with Crippen LogP contribution in [0.2, 0.25) is 5.02 Å². The van der Waals surface area contributed by atoms with E-state index in [1.807, 2.05) is 30.3 Å². The van der Waals surface area contributed by atoms with Crippen LogP contribution in [0.3, 0.4) is 0 Å². The van der Waals surface area contributed by atoms with Crippen LogP contribution in [0.1, 0.15) is 38.5 Å². The van der Waals surface area contributed by atoms with Gasteiger partial charge in [-0.05, 0) is 40.8 Å². The number of carbonyl (C=O) groups is 1. The van der Waals surface area contributed by atoms with Crippen molar-refractivity contribution in [2.75, 3.05) is 18.4 Å². The maximum absolute atomic E-state index is 12.2. The highest BCUT2D eigenvalue weighted by Crippen LogP contribution is 2.30. The molecule has 1 amide bonds. The van der Waals surface area contributed by atoms with Gasteiger partial charge < -0.3 is 10.6 Å². The standard InChI is InChI=1S/C22H25BrClN5O/c23-17-14-27-29-20(13-19(28-22(17)29)16-8-4-5-9-18(16)24)25-10-11-26-21(30)12-15-6-2-1-3-7-15/h4-5,8-9,13-15,25H,1-3,6-7,10-12H2,(H,26,30). The highest BCUT2D eigenvalue weighted by molar-refractivity contribution is 9.10. The molecule has 2 aromatic heterocycles. The molecule has 0 atom stereocenters. The summed E-state index contributed by atoms with van der Waals surface area (Å²) in [5.41, 5.74) is 2.33. The number of fused-ring (bicyclic) bond motifs is 1. The lowest BCUT2D eigenvalue weighted by Crippen LogP contribution is -2.30. The normalized spacial score (nSPS) is 14.7. The van der Waals surface area contributed by atoms with E-state index in [-0.39, 0.29) is 5.91 Å². The van der Waals surface area contributed by atoms with Crippen LogP contribution >= 0.6 is 27.5 Å². The molecule has 1 fully saturated rings. The molecule has 0 bridgehead atoms. The number of anilines is 1. The summed E-state index contributed by atoms with van der Waals surface area (Å²) in [5, 5.41) is 11.4. The summed E-state index contributed by atoms with van der Waals surface area (Å²) in [6, 6.07) is 9.56. The molecule has 1 aliphatic carbocycles. The summed E-state index contributed by atoms with van der Waals surface area (Å²) in [6.45, 7) is 1.15. The van der Waals surface area contributed by atoms with E-state index in [2.05, 4.69) is 31.7 Å². The number of halogens is 2. The molecule has 0 radical (unpaired) electrons. The molecule has 2 heterocycles. The molecule has 6 nitrogen and oxygen atoms in total.